The Morgan fingerprint density at radius 3 is 2.38 bits per heavy atom. The molecule has 4 heteroatoms. The minimum Gasteiger partial charge on any atom is -0.348 e. The van der Waals surface area contributed by atoms with E-state index in [0.717, 1.165) is 17.7 Å². The summed E-state index contributed by atoms with van der Waals surface area (Å²) >= 11 is 1.86. The molecule has 0 amide bonds. The van der Waals surface area contributed by atoms with Crippen LogP contribution in [0.4, 0.5) is 5.13 Å². The summed E-state index contributed by atoms with van der Waals surface area (Å²) in [6.45, 7) is 14.6. The number of nitrogens with zero attached hydrogens (tertiary/aromatic N) is 2. The molecule has 0 aromatic carbocycles. The smallest absolute Gasteiger partial charge is 0.185 e. The average Bonchev–Trinajstić information content (AvgIpc) is 3.11. The molecule has 1 aliphatic rings. The molecule has 1 unspecified atom stereocenters. The van der Waals surface area contributed by atoms with Crippen LogP contribution in [0.2, 0.25) is 0 Å². The van der Waals surface area contributed by atoms with Crippen molar-refractivity contribution in [1.82, 2.24) is 10.3 Å². The molecular weight excluding hydrogens is 278 g/mol. The molecule has 1 aromatic heterocycles. The lowest BCUT2D eigenvalue weighted by Gasteiger charge is -2.27. The van der Waals surface area contributed by atoms with Crippen LogP contribution < -0.4 is 10.2 Å². The van der Waals surface area contributed by atoms with Crippen LogP contribution >= 0.6 is 11.3 Å². The van der Waals surface area contributed by atoms with Crippen LogP contribution in [0, 0.1) is 5.92 Å². The Hall–Kier alpha value is -0.610. The first-order chi connectivity index (χ1) is 9.70. The van der Waals surface area contributed by atoms with E-state index >= 15 is 0 Å². The van der Waals surface area contributed by atoms with E-state index < -0.39 is 0 Å². The van der Waals surface area contributed by atoms with Crippen LogP contribution in [0.3, 0.4) is 0 Å². The molecule has 0 spiro atoms. The number of anilines is 1. The second-order valence-corrected chi connectivity index (χ2v) is 8.83. The Morgan fingerprint density at radius 2 is 1.90 bits per heavy atom. The van der Waals surface area contributed by atoms with E-state index in [-0.39, 0.29) is 5.41 Å². The lowest BCUT2D eigenvalue weighted by Crippen LogP contribution is -2.33. The summed E-state index contributed by atoms with van der Waals surface area (Å²) in [5, 5.41) is 4.80. The molecule has 120 valence electrons. The van der Waals surface area contributed by atoms with Gasteiger partial charge < -0.3 is 10.2 Å². The number of rotatable bonds is 6. The first-order valence-electron chi connectivity index (χ1n) is 8.16. The molecule has 0 radical (unpaired) electrons. The maximum absolute atomic E-state index is 4.99. The number of thiazole rings is 1. The largest absolute Gasteiger partial charge is 0.348 e. The van der Waals surface area contributed by atoms with Gasteiger partial charge in [0.25, 0.3) is 0 Å². The molecule has 1 N–H and O–H groups in total. The second kappa shape index (κ2) is 6.25. The van der Waals surface area contributed by atoms with E-state index in [2.05, 4.69) is 58.8 Å². The molecule has 1 saturated carbocycles. The minimum atomic E-state index is 0.108. The van der Waals surface area contributed by atoms with E-state index in [0.29, 0.717) is 12.0 Å². The SMILES string of the molecule is CC(C)C(C)N(C)c1nc(C(C)(C)C)c(CNC2CC2)s1. The first kappa shape index (κ1) is 16.8. The molecule has 0 saturated heterocycles. The molecule has 0 bridgehead atoms. The van der Waals surface area contributed by atoms with Crippen LogP contribution in [-0.2, 0) is 12.0 Å². The van der Waals surface area contributed by atoms with Crippen molar-refractivity contribution in [2.24, 2.45) is 5.92 Å². The normalized spacial score (nSPS) is 17.3. The Morgan fingerprint density at radius 1 is 1.29 bits per heavy atom. The highest BCUT2D eigenvalue weighted by Crippen LogP contribution is 2.35. The van der Waals surface area contributed by atoms with Crippen LogP contribution in [0.25, 0.3) is 0 Å². The van der Waals surface area contributed by atoms with Gasteiger partial charge in [0, 0.05) is 36.0 Å². The van der Waals surface area contributed by atoms with Gasteiger partial charge in [0.15, 0.2) is 5.13 Å². The van der Waals surface area contributed by atoms with Crippen LogP contribution in [0.15, 0.2) is 0 Å². The van der Waals surface area contributed by atoms with Crippen LogP contribution in [-0.4, -0.2) is 24.1 Å². The molecule has 1 aromatic rings. The molecule has 1 fully saturated rings. The number of hydrogen-bond donors (Lipinski definition) is 1. The standard InChI is InChI=1S/C17H31N3S/c1-11(2)12(3)20(7)16-19-15(17(4,5)6)14(21-16)10-18-13-8-9-13/h11-13,18H,8-10H2,1-7H3. The number of aromatic nitrogens is 1. The van der Waals surface area contributed by atoms with E-state index in [1.54, 1.807) is 0 Å². The predicted molar refractivity (Wildman–Crippen MR) is 93.4 cm³/mol. The van der Waals surface area contributed by atoms with Crippen molar-refractivity contribution in [2.45, 2.75) is 78.4 Å². The third kappa shape index (κ3) is 4.19. The first-order valence-corrected chi connectivity index (χ1v) is 8.98. The maximum Gasteiger partial charge on any atom is 0.185 e. The quantitative estimate of drug-likeness (QED) is 0.854. The van der Waals surface area contributed by atoms with Gasteiger partial charge in [0.05, 0.1) is 5.69 Å². The van der Waals surface area contributed by atoms with Crippen molar-refractivity contribution >= 4 is 16.5 Å². The van der Waals surface area contributed by atoms with Crippen molar-refractivity contribution in [3.8, 4) is 0 Å². The molecule has 3 nitrogen and oxygen atoms in total. The fourth-order valence-corrected chi connectivity index (χ4v) is 3.61. The Balaban J connectivity index is 2.21. The zero-order valence-corrected chi connectivity index (χ0v) is 15.5. The Bertz CT molecular complexity index is 469. The third-order valence-electron chi connectivity index (χ3n) is 4.40. The van der Waals surface area contributed by atoms with Crippen molar-refractivity contribution in [1.29, 1.82) is 0 Å². The van der Waals surface area contributed by atoms with Crippen molar-refractivity contribution in [3.63, 3.8) is 0 Å². The zero-order valence-electron chi connectivity index (χ0n) is 14.7. The van der Waals surface area contributed by atoms with Gasteiger partial charge in [-0.05, 0) is 25.7 Å². The van der Waals surface area contributed by atoms with Gasteiger partial charge in [-0.15, -0.1) is 11.3 Å². The molecule has 1 atom stereocenters. The summed E-state index contributed by atoms with van der Waals surface area (Å²) < 4.78 is 0. The zero-order chi connectivity index (χ0) is 15.8. The molecule has 0 aliphatic heterocycles. The maximum atomic E-state index is 4.99. The van der Waals surface area contributed by atoms with Gasteiger partial charge in [-0.3, -0.25) is 0 Å². The highest BCUT2D eigenvalue weighted by Gasteiger charge is 2.27. The second-order valence-electron chi connectivity index (χ2n) is 7.77. The van der Waals surface area contributed by atoms with E-state index in [1.807, 2.05) is 11.3 Å². The molecular formula is C17H31N3S. The summed E-state index contributed by atoms with van der Waals surface area (Å²) in [7, 11) is 2.17. The van der Waals surface area contributed by atoms with E-state index in [4.69, 9.17) is 4.98 Å². The lowest BCUT2D eigenvalue weighted by atomic mass is 9.91. The summed E-state index contributed by atoms with van der Waals surface area (Å²) in [6, 6.07) is 1.25. The Labute approximate surface area is 134 Å². The van der Waals surface area contributed by atoms with Gasteiger partial charge in [0.1, 0.15) is 0 Å². The van der Waals surface area contributed by atoms with Crippen molar-refractivity contribution < 1.29 is 0 Å². The average molecular weight is 310 g/mol. The third-order valence-corrected chi connectivity index (χ3v) is 5.55. The van der Waals surface area contributed by atoms with Gasteiger partial charge in [0.2, 0.25) is 0 Å². The van der Waals surface area contributed by atoms with Gasteiger partial charge in [-0.1, -0.05) is 34.6 Å². The highest BCUT2D eigenvalue weighted by atomic mass is 32.1. The summed E-state index contributed by atoms with van der Waals surface area (Å²) in [6.07, 6.45) is 2.67. The van der Waals surface area contributed by atoms with Gasteiger partial charge in [-0.25, -0.2) is 4.98 Å². The fraction of sp³-hybridized carbons (Fsp3) is 0.824. The molecule has 21 heavy (non-hydrogen) atoms. The molecule has 2 rings (SSSR count). The summed E-state index contributed by atoms with van der Waals surface area (Å²) in [5.74, 6) is 0.630. The van der Waals surface area contributed by atoms with Crippen molar-refractivity contribution in [2.75, 3.05) is 11.9 Å². The van der Waals surface area contributed by atoms with Crippen LogP contribution in [0.5, 0.6) is 0 Å². The number of hydrogen-bond acceptors (Lipinski definition) is 4. The van der Waals surface area contributed by atoms with Gasteiger partial charge in [-0.2, -0.15) is 0 Å². The van der Waals surface area contributed by atoms with Gasteiger partial charge >= 0.3 is 0 Å². The predicted octanol–water partition coefficient (Wildman–Crippen LogP) is 4.17. The monoisotopic (exact) mass is 309 g/mol. The van der Waals surface area contributed by atoms with E-state index in [9.17, 15) is 0 Å². The van der Waals surface area contributed by atoms with Crippen molar-refractivity contribution in [3.05, 3.63) is 10.6 Å². The van der Waals surface area contributed by atoms with E-state index in [1.165, 1.54) is 23.4 Å². The minimum absolute atomic E-state index is 0.108. The number of nitrogens with one attached hydrogen (secondary N) is 1. The lowest BCUT2D eigenvalue weighted by molar-refractivity contribution is 0.503. The molecule has 1 heterocycles. The van der Waals surface area contributed by atoms with Crippen LogP contribution in [0.1, 0.15) is 65.0 Å². The highest BCUT2D eigenvalue weighted by molar-refractivity contribution is 7.15. The summed E-state index contributed by atoms with van der Waals surface area (Å²) in [4.78, 5) is 8.74. The Kier molecular flexibility index (Phi) is 4.99. The topological polar surface area (TPSA) is 28.2 Å². The fourth-order valence-electron chi connectivity index (χ4n) is 2.34. The summed E-state index contributed by atoms with van der Waals surface area (Å²) in [5.41, 5.74) is 1.37. The molecule has 1 aliphatic carbocycles.